The molecule has 2 heterocycles. The largest absolute Gasteiger partial charge is 0.459 e. The van der Waals surface area contributed by atoms with Crippen LogP contribution in [-0.2, 0) is 14.3 Å². The number of rotatable bonds is 6. The summed E-state index contributed by atoms with van der Waals surface area (Å²) in [5, 5.41) is 20.1. The summed E-state index contributed by atoms with van der Waals surface area (Å²) < 4.78 is 12.2. The number of aromatic nitrogens is 1. The molecule has 0 amide bonds. The molecule has 0 saturated heterocycles. The fraction of sp³-hybridized carbons (Fsp3) is 0.308. The number of halogens is 1. The van der Waals surface area contributed by atoms with Crippen LogP contribution < -0.4 is 5.73 Å². The predicted octanol–water partition coefficient (Wildman–Crippen LogP) is 5.45. The maximum absolute atomic E-state index is 13.3. The van der Waals surface area contributed by atoms with E-state index in [1.165, 1.54) is 11.8 Å². The molecule has 0 fully saturated rings. The molecule has 0 aliphatic carbocycles. The molecule has 1 atom stereocenters. The first kappa shape index (κ1) is 26.3. The maximum Gasteiger partial charge on any atom is 0.338 e. The van der Waals surface area contributed by atoms with E-state index in [9.17, 15) is 15.3 Å². The second-order valence-corrected chi connectivity index (χ2v) is 10.2. The highest BCUT2D eigenvalue weighted by Gasteiger charge is 2.38. The Morgan fingerprint density at radius 1 is 1.20 bits per heavy atom. The Hall–Kier alpha value is -3.27. The van der Waals surface area contributed by atoms with E-state index >= 15 is 0 Å². The first-order valence-electron chi connectivity index (χ1n) is 10.9. The Morgan fingerprint density at radius 2 is 1.86 bits per heavy atom. The summed E-state index contributed by atoms with van der Waals surface area (Å²) in [7, 11) is 0. The van der Waals surface area contributed by atoms with E-state index < -0.39 is 11.9 Å². The highest BCUT2D eigenvalue weighted by Crippen LogP contribution is 2.41. The predicted molar refractivity (Wildman–Crippen MR) is 137 cm³/mol. The molecule has 0 bridgehead atoms. The number of hydrogen-bond acceptors (Lipinski definition) is 8. The summed E-state index contributed by atoms with van der Waals surface area (Å²) in [6.45, 7) is 9.21. The van der Waals surface area contributed by atoms with Gasteiger partial charge in [0, 0.05) is 10.2 Å². The summed E-state index contributed by atoms with van der Waals surface area (Å²) in [5.41, 5.74) is 10.3. The number of hydrogen-bond donors (Lipinski definition) is 1. The van der Waals surface area contributed by atoms with Gasteiger partial charge in [0.2, 0.25) is 5.88 Å². The third-order valence-electron chi connectivity index (χ3n) is 5.68. The molecular formula is C26H25BrN4O3S. The standard InChI is InChI=1S/C26H25BrN4O3S/c1-13(2)33-26(32)23-21(12-35-25-19(10-28)15(4)14(3)16(5)31-25)34-24(30)20(11-29)22(23)17-6-8-18(27)9-7-17/h6-9,13,22H,12,30H2,1-5H3/t22-/m0/s1. The van der Waals surface area contributed by atoms with Gasteiger partial charge in [-0.2, -0.15) is 10.5 Å². The number of allylic oxidation sites excluding steroid dienone is 1. The van der Waals surface area contributed by atoms with Crippen LogP contribution >= 0.6 is 27.7 Å². The van der Waals surface area contributed by atoms with Gasteiger partial charge >= 0.3 is 5.97 Å². The van der Waals surface area contributed by atoms with E-state index in [4.69, 9.17) is 15.2 Å². The molecule has 2 N–H and O–H groups in total. The number of carbonyl (C=O) groups excluding carboxylic acids is 1. The fourth-order valence-electron chi connectivity index (χ4n) is 3.70. The van der Waals surface area contributed by atoms with Crippen molar-refractivity contribution in [2.75, 3.05) is 5.75 Å². The van der Waals surface area contributed by atoms with E-state index in [0.29, 0.717) is 16.2 Å². The van der Waals surface area contributed by atoms with Crippen molar-refractivity contribution in [3.63, 3.8) is 0 Å². The number of aryl methyl sites for hydroxylation is 1. The molecule has 0 unspecified atom stereocenters. The monoisotopic (exact) mass is 552 g/mol. The van der Waals surface area contributed by atoms with Crippen LogP contribution in [0, 0.1) is 43.4 Å². The maximum atomic E-state index is 13.3. The number of pyridine rings is 1. The van der Waals surface area contributed by atoms with Crippen LogP contribution in [0.1, 0.15) is 47.7 Å². The molecule has 180 valence electrons. The van der Waals surface area contributed by atoms with Gasteiger partial charge in [-0.25, -0.2) is 9.78 Å². The fourth-order valence-corrected chi connectivity index (χ4v) is 4.99. The van der Waals surface area contributed by atoms with E-state index in [-0.39, 0.29) is 34.6 Å². The van der Waals surface area contributed by atoms with Gasteiger partial charge in [-0.1, -0.05) is 39.8 Å². The molecule has 7 nitrogen and oxygen atoms in total. The van der Waals surface area contributed by atoms with Gasteiger partial charge in [-0.15, -0.1) is 0 Å². The van der Waals surface area contributed by atoms with Gasteiger partial charge in [0.15, 0.2) is 0 Å². The minimum atomic E-state index is -0.756. The number of carbonyl (C=O) groups is 1. The molecule has 1 aromatic heterocycles. The SMILES string of the molecule is Cc1nc(SCC2=C(C(=O)OC(C)C)[C@@H](c3ccc(Br)cc3)C(C#N)=C(N)O2)c(C#N)c(C)c1C. The Bertz CT molecular complexity index is 1320. The summed E-state index contributed by atoms with van der Waals surface area (Å²) in [4.78, 5) is 17.9. The third-order valence-corrected chi connectivity index (χ3v) is 7.18. The van der Waals surface area contributed by atoms with Crippen LogP contribution in [-0.4, -0.2) is 22.8 Å². The number of ether oxygens (including phenoxy) is 2. The lowest BCUT2D eigenvalue weighted by atomic mass is 9.83. The Balaban J connectivity index is 2.13. The van der Waals surface area contributed by atoms with Crippen LogP contribution in [0.25, 0.3) is 0 Å². The van der Waals surface area contributed by atoms with Gasteiger partial charge in [-0.05, 0) is 63.4 Å². The van der Waals surface area contributed by atoms with Gasteiger partial charge in [-0.3, -0.25) is 0 Å². The average molecular weight is 553 g/mol. The van der Waals surface area contributed by atoms with Gasteiger partial charge in [0.1, 0.15) is 28.5 Å². The summed E-state index contributed by atoms with van der Waals surface area (Å²) in [6.07, 6.45) is -0.377. The van der Waals surface area contributed by atoms with Crippen molar-refractivity contribution in [1.29, 1.82) is 10.5 Å². The minimum absolute atomic E-state index is 0.0677. The van der Waals surface area contributed by atoms with Crippen molar-refractivity contribution >= 4 is 33.7 Å². The minimum Gasteiger partial charge on any atom is -0.459 e. The van der Waals surface area contributed by atoms with E-state index in [0.717, 1.165) is 21.3 Å². The topological polar surface area (TPSA) is 122 Å². The zero-order chi connectivity index (χ0) is 25.9. The number of nitriles is 2. The third kappa shape index (κ3) is 5.53. The second-order valence-electron chi connectivity index (χ2n) is 8.30. The zero-order valence-electron chi connectivity index (χ0n) is 20.1. The molecule has 3 rings (SSSR count). The van der Waals surface area contributed by atoms with Gasteiger partial charge < -0.3 is 15.2 Å². The summed E-state index contributed by atoms with van der Waals surface area (Å²) >= 11 is 4.69. The molecule has 1 aliphatic rings. The molecular weight excluding hydrogens is 528 g/mol. The summed E-state index contributed by atoms with van der Waals surface area (Å²) in [5.74, 6) is -0.978. The van der Waals surface area contributed by atoms with Crippen LogP contribution in [0.3, 0.4) is 0 Å². The van der Waals surface area contributed by atoms with Crippen LogP contribution in [0.15, 0.2) is 56.6 Å². The molecule has 35 heavy (non-hydrogen) atoms. The smallest absolute Gasteiger partial charge is 0.338 e. The zero-order valence-corrected chi connectivity index (χ0v) is 22.5. The van der Waals surface area contributed by atoms with Crippen molar-refractivity contribution < 1.29 is 14.3 Å². The van der Waals surface area contributed by atoms with Crippen molar-refractivity contribution in [2.45, 2.75) is 51.7 Å². The van der Waals surface area contributed by atoms with Crippen LogP contribution in [0.4, 0.5) is 0 Å². The quantitative estimate of drug-likeness (QED) is 0.370. The molecule has 0 saturated carbocycles. The number of esters is 1. The highest BCUT2D eigenvalue weighted by atomic mass is 79.9. The van der Waals surface area contributed by atoms with Crippen LogP contribution in [0.2, 0.25) is 0 Å². The van der Waals surface area contributed by atoms with Gasteiger partial charge in [0.05, 0.1) is 28.9 Å². The van der Waals surface area contributed by atoms with E-state index in [1.54, 1.807) is 13.8 Å². The lowest BCUT2D eigenvalue weighted by Crippen LogP contribution is -2.28. The number of benzene rings is 1. The first-order chi connectivity index (χ1) is 16.6. The molecule has 0 radical (unpaired) electrons. The molecule has 1 aromatic carbocycles. The van der Waals surface area contributed by atoms with Crippen molar-refractivity contribution in [2.24, 2.45) is 5.73 Å². The van der Waals surface area contributed by atoms with E-state index in [1.807, 2.05) is 45.0 Å². The lowest BCUT2D eigenvalue weighted by Gasteiger charge is -2.28. The van der Waals surface area contributed by atoms with Crippen molar-refractivity contribution in [1.82, 2.24) is 4.98 Å². The Labute approximate surface area is 217 Å². The average Bonchev–Trinajstić information content (AvgIpc) is 2.80. The van der Waals surface area contributed by atoms with Crippen molar-refractivity contribution in [3.8, 4) is 12.1 Å². The molecule has 9 heteroatoms. The first-order valence-corrected chi connectivity index (χ1v) is 12.6. The van der Waals surface area contributed by atoms with Crippen LogP contribution in [0.5, 0.6) is 0 Å². The Morgan fingerprint density at radius 3 is 2.43 bits per heavy atom. The molecule has 2 aromatic rings. The molecule has 1 aliphatic heterocycles. The van der Waals surface area contributed by atoms with E-state index in [2.05, 4.69) is 33.1 Å². The van der Waals surface area contributed by atoms with Crippen molar-refractivity contribution in [3.05, 3.63) is 79.5 Å². The highest BCUT2D eigenvalue weighted by molar-refractivity contribution is 9.10. The number of nitrogens with zero attached hydrogens (tertiary/aromatic N) is 3. The number of nitrogens with two attached hydrogens (primary N) is 1. The molecule has 0 spiro atoms. The van der Waals surface area contributed by atoms with Gasteiger partial charge in [0.25, 0.3) is 0 Å². The normalized spacial score (nSPS) is 15.5. The Kier molecular flexibility index (Phi) is 8.26. The summed E-state index contributed by atoms with van der Waals surface area (Å²) in [6, 6.07) is 11.6. The number of thioether (sulfide) groups is 1. The lowest BCUT2D eigenvalue weighted by molar-refractivity contribution is -0.143. The second kappa shape index (κ2) is 11.0.